The summed E-state index contributed by atoms with van der Waals surface area (Å²) in [4.78, 5) is 16.0. The monoisotopic (exact) mass is 269 g/mol. The predicted molar refractivity (Wildman–Crippen MR) is 73.0 cm³/mol. The van der Waals surface area contributed by atoms with Crippen molar-refractivity contribution in [1.82, 2.24) is 4.98 Å². The van der Waals surface area contributed by atoms with E-state index >= 15 is 0 Å². The van der Waals surface area contributed by atoms with E-state index in [1.165, 1.54) is 0 Å². The van der Waals surface area contributed by atoms with E-state index < -0.39 is 0 Å². The maximum Gasteiger partial charge on any atom is 0.338 e. The van der Waals surface area contributed by atoms with Gasteiger partial charge in [0.05, 0.1) is 12.2 Å². The Morgan fingerprint density at radius 1 is 1.44 bits per heavy atom. The van der Waals surface area contributed by atoms with Crippen molar-refractivity contribution >= 4 is 17.6 Å². The van der Waals surface area contributed by atoms with E-state index in [9.17, 15) is 4.79 Å². The molecule has 0 radical (unpaired) electrons. The second-order valence-electron chi connectivity index (χ2n) is 4.74. The Balaban J connectivity index is 2.66. The van der Waals surface area contributed by atoms with Crippen molar-refractivity contribution in [1.29, 1.82) is 0 Å². The second-order valence-corrected chi connectivity index (χ2v) is 5.13. The number of esters is 1. The first-order valence-electron chi connectivity index (χ1n) is 6.36. The molecule has 0 spiro atoms. The summed E-state index contributed by atoms with van der Waals surface area (Å²) >= 11 is 5.90. The van der Waals surface area contributed by atoms with Gasteiger partial charge in [0.1, 0.15) is 5.15 Å². The molecule has 0 saturated carbocycles. The number of halogens is 1. The molecule has 0 aliphatic rings. The molecule has 0 aliphatic carbocycles. The average molecular weight is 270 g/mol. The number of rotatable bonds is 6. The molecule has 1 aromatic rings. The summed E-state index contributed by atoms with van der Waals surface area (Å²) in [5.74, 6) is 0.201. The van der Waals surface area contributed by atoms with E-state index in [2.05, 4.69) is 25.8 Å². The van der Waals surface area contributed by atoms with Gasteiger partial charge in [-0.1, -0.05) is 38.8 Å². The average Bonchev–Trinajstić information content (AvgIpc) is 2.28. The first-order chi connectivity index (χ1) is 8.52. The van der Waals surface area contributed by atoms with E-state index in [1.54, 1.807) is 12.1 Å². The lowest BCUT2D eigenvalue weighted by molar-refractivity contribution is 0.0488. The SMILES string of the molecule is CCCc1cc(C(=O)OCCC(C)C)cc(Cl)n1. The van der Waals surface area contributed by atoms with E-state index in [-0.39, 0.29) is 5.97 Å². The van der Waals surface area contributed by atoms with E-state index in [0.717, 1.165) is 25.0 Å². The third-order valence-electron chi connectivity index (χ3n) is 2.52. The van der Waals surface area contributed by atoms with Gasteiger partial charge in [-0.25, -0.2) is 9.78 Å². The molecular weight excluding hydrogens is 250 g/mol. The van der Waals surface area contributed by atoms with Crippen molar-refractivity contribution < 1.29 is 9.53 Å². The van der Waals surface area contributed by atoms with Crippen LogP contribution in [0, 0.1) is 5.92 Å². The van der Waals surface area contributed by atoms with Crippen LogP contribution in [0.25, 0.3) is 0 Å². The Labute approximate surface area is 114 Å². The number of hydrogen-bond acceptors (Lipinski definition) is 3. The first kappa shape index (κ1) is 15.0. The molecule has 0 aliphatic heterocycles. The molecule has 0 N–H and O–H groups in total. The number of pyridine rings is 1. The smallest absolute Gasteiger partial charge is 0.338 e. The van der Waals surface area contributed by atoms with Crippen LogP contribution in [0.1, 0.15) is 49.7 Å². The molecule has 0 aromatic carbocycles. The van der Waals surface area contributed by atoms with Crippen molar-refractivity contribution in [2.45, 2.75) is 40.0 Å². The highest BCUT2D eigenvalue weighted by Gasteiger charge is 2.10. The topological polar surface area (TPSA) is 39.2 Å². The van der Waals surface area contributed by atoms with E-state index in [1.807, 2.05) is 0 Å². The Bertz CT molecular complexity index is 405. The van der Waals surface area contributed by atoms with Gasteiger partial charge in [-0.3, -0.25) is 0 Å². The molecule has 1 heterocycles. The molecule has 0 atom stereocenters. The molecule has 100 valence electrons. The van der Waals surface area contributed by atoms with Crippen LogP contribution in [0.2, 0.25) is 5.15 Å². The lowest BCUT2D eigenvalue weighted by Crippen LogP contribution is -2.09. The van der Waals surface area contributed by atoms with Gasteiger partial charge < -0.3 is 4.74 Å². The summed E-state index contributed by atoms with van der Waals surface area (Å²) in [6.07, 6.45) is 2.65. The number of ether oxygens (including phenoxy) is 1. The van der Waals surface area contributed by atoms with Crippen LogP contribution < -0.4 is 0 Å². The molecule has 0 amide bonds. The summed E-state index contributed by atoms with van der Waals surface area (Å²) in [5.41, 5.74) is 1.32. The number of hydrogen-bond donors (Lipinski definition) is 0. The number of carbonyl (C=O) groups is 1. The van der Waals surface area contributed by atoms with Crippen LogP contribution in [0.15, 0.2) is 12.1 Å². The quantitative estimate of drug-likeness (QED) is 0.581. The van der Waals surface area contributed by atoms with Gasteiger partial charge in [0.2, 0.25) is 0 Å². The number of carbonyl (C=O) groups excluding carboxylic acids is 1. The van der Waals surface area contributed by atoms with Gasteiger partial charge in [-0.05, 0) is 30.9 Å². The minimum absolute atomic E-state index is 0.322. The fourth-order valence-electron chi connectivity index (χ4n) is 1.52. The molecule has 3 nitrogen and oxygen atoms in total. The maximum atomic E-state index is 11.8. The normalized spacial score (nSPS) is 10.7. The van der Waals surface area contributed by atoms with Gasteiger partial charge >= 0.3 is 5.97 Å². The zero-order chi connectivity index (χ0) is 13.5. The molecule has 0 unspecified atom stereocenters. The molecule has 4 heteroatoms. The lowest BCUT2D eigenvalue weighted by atomic mass is 10.1. The Hall–Kier alpha value is -1.09. The summed E-state index contributed by atoms with van der Waals surface area (Å²) in [7, 11) is 0. The van der Waals surface area contributed by atoms with Crippen LogP contribution >= 0.6 is 11.6 Å². The van der Waals surface area contributed by atoms with Crippen molar-refractivity contribution in [3.05, 3.63) is 28.5 Å². The van der Waals surface area contributed by atoms with Crippen molar-refractivity contribution in [3.8, 4) is 0 Å². The zero-order valence-electron chi connectivity index (χ0n) is 11.2. The largest absolute Gasteiger partial charge is 0.462 e. The van der Waals surface area contributed by atoms with Crippen LogP contribution in [0.4, 0.5) is 0 Å². The van der Waals surface area contributed by atoms with Crippen molar-refractivity contribution in [2.75, 3.05) is 6.61 Å². The zero-order valence-corrected chi connectivity index (χ0v) is 12.0. The molecular formula is C14H20ClNO2. The Morgan fingerprint density at radius 2 is 2.17 bits per heavy atom. The Morgan fingerprint density at radius 3 is 2.78 bits per heavy atom. The number of aryl methyl sites for hydroxylation is 1. The molecule has 1 rings (SSSR count). The van der Waals surface area contributed by atoms with Gasteiger partial charge in [0.25, 0.3) is 0 Å². The minimum atomic E-state index is -0.322. The first-order valence-corrected chi connectivity index (χ1v) is 6.74. The molecule has 0 saturated heterocycles. The molecule has 18 heavy (non-hydrogen) atoms. The molecule has 1 aromatic heterocycles. The predicted octanol–water partition coefficient (Wildman–Crippen LogP) is 3.89. The second kappa shape index (κ2) is 7.37. The highest BCUT2D eigenvalue weighted by molar-refractivity contribution is 6.29. The van der Waals surface area contributed by atoms with Gasteiger partial charge in [-0.2, -0.15) is 0 Å². The lowest BCUT2D eigenvalue weighted by Gasteiger charge is -2.08. The summed E-state index contributed by atoms with van der Waals surface area (Å²) in [6.45, 7) is 6.69. The number of nitrogens with zero attached hydrogens (tertiary/aromatic N) is 1. The fraction of sp³-hybridized carbons (Fsp3) is 0.571. The van der Waals surface area contributed by atoms with Gasteiger partial charge in [0, 0.05) is 5.69 Å². The van der Waals surface area contributed by atoms with Crippen LogP contribution in [-0.4, -0.2) is 17.6 Å². The standard InChI is InChI=1S/C14H20ClNO2/c1-4-5-12-8-11(9-13(15)16-12)14(17)18-7-6-10(2)3/h8-10H,4-7H2,1-3H3. The third kappa shape index (κ3) is 5.05. The van der Waals surface area contributed by atoms with Crippen molar-refractivity contribution in [2.24, 2.45) is 5.92 Å². The summed E-state index contributed by atoms with van der Waals surface area (Å²) in [6, 6.07) is 3.31. The third-order valence-corrected chi connectivity index (χ3v) is 2.71. The fourth-order valence-corrected chi connectivity index (χ4v) is 1.75. The Kier molecular flexibility index (Phi) is 6.13. The van der Waals surface area contributed by atoms with Crippen LogP contribution in [-0.2, 0) is 11.2 Å². The van der Waals surface area contributed by atoms with Crippen LogP contribution in [0.3, 0.4) is 0 Å². The highest BCUT2D eigenvalue weighted by Crippen LogP contribution is 2.14. The van der Waals surface area contributed by atoms with E-state index in [0.29, 0.717) is 23.2 Å². The number of aromatic nitrogens is 1. The van der Waals surface area contributed by atoms with Gasteiger partial charge in [0.15, 0.2) is 0 Å². The molecule has 0 bridgehead atoms. The van der Waals surface area contributed by atoms with E-state index in [4.69, 9.17) is 16.3 Å². The van der Waals surface area contributed by atoms with Crippen molar-refractivity contribution in [3.63, 3.8) is 0 Å². The highest BCUT2D eigenvalue weighted by atomic mass is 35.5. The molecule has 0 fully saturated rings. The summed E-state index contributed by atoms with van der Waals surface area (Å²) in [5, 5.41) is 0.344. The van der Waals surface area contributed by atoms with Crippen LogP contribution in [0.5, 0.6) is 0 Å². The summed E-state index contributed by atoms with van der Waals surface area (Å²) < 4.78 is 5.20. The van der Waals surface area contributed by atoms with Gasteiger partial charge in [-0.15, -0.1) is 0 Å². The minimum Gasteiger partial charge on any atom is -0.462 e. The maximum absolute atomic E-state index is 11.8.